The van der Waals surface area contributed by atoms with Gasteiger partial charge < -0.3 is 9.64 Å². The van der Waals surface area contributed by atoms with Crippen molar-refractivity contribution in [1.82, 2.24) is 15.0 Å². The highest BCUT2D eigenvalue weighted by molar-refractivity contribution is 6.10. The Morgan fingerprint density at radius 3 is 2.56 bits per heavy atom. The van der Waals surface area contributed by atoms with Gasteiger partial charge in [-0.1, -0.05) is 17.3 Å². The number of carbonyl (C=O) groups excluding carboxylic acids is 1. The maximum Gasteiger partial charge on any atom is 0.416 e. The fraction of sp³-hybridized carbons (Fsp3) is 0.348. The molecule has 0 saturated carbocycles. The molecule has 2 aromatic carbocycles. The van der Waals surface area contributed by atoms with E-state index < -0.39 is 17.6 Å². The van der Waals surface area contributed by atoms with E-state index >= 15 is 0 Å². The lowest BCUT2D eigenvalue weighted by Crippen LogP contribution is -2.50. The highest BCUT2D eigenvalue weighted by Crippen LogP contribution is 2.41. The maximum absolute atomic E-state index is 13.6. The second-order valence-corrected chi connectivity index (χ2v) is 8.58. The minimum atomic E-state index is -4.52. The summed E-state index contributed by atoms with van der Waals surface area (Å²) in [5.41, 5.74) is 1.91. The Labute approximate surface area is 182 Å². The van der Waals surface area contributed by atoms with E-state index in [0.717, 1.165) is 17.3 Å². The van der Waals surface area contributed by atoms with Crippen LogP contribution in [0.3, 0.4) is 0 Å². The normalized spacial score (nSPS) is 17.4. The Bertz CT molecular complexity index is 1210. The molecule has 0 unspecified atom stereocenters. The number of nitrogens with zero attached hydrogens (tertiary/aromatic N) is 4. The number of carbonyl (C=O) groups is 1. The molecule has 2 aliphatic rings. The first-order chi connectivity index (χ1) is 15.2. The Balaban J connectivity index is 1.50. The summed E-state index contributed by atoms with van der Waals surface area (Å²) in [6, 6.07) is 10.0. The van der Waals surface area contributed by atoms with E-state index in [2.05, 4.69) is 10.3 Å². The number of alkyl halides is 3. The van der Waals surface area contributed by atoms with Crippen molar-refractivity contribution in [2.75, 3.05) is 18.1 Å². The van der Waals surface area contributed by atoms with Gasteiger partial charge >= 0.3 is 6.18 Å². The zero-order chi connectivity index (χ0) is 22.7. The average Bonchev–Trinajstić information content (AvgIpc) is 3.26. The standard InChI is InChI=1S/C23H21F3N4O2/c1-14-6-18-19(20(7-14)23(24,25)26)10-29(21(18)31)17-5-3-4-16(8-17)22(12-32-13-22)11-30-15(2)9-27-28-30/h3-9H,10-13H2,1-2H3. The molecule has 0 bridgehead atoms. The second kappa shape index (κ2) is 7.16. The third kappa shape index (κ3) is 3.28. The molecule has 32 heavy (non-hydrogen) atoms. The van der Waals surface area contributed by atoms with Gasteiger partial charge in [0.1, 0.15) is 0 Å². The fourth-order valence-electron chi connectivity index (χ4n) is 4.47. The molecule has 1 saturated heterocycles. The van der Waals surface area contributed by atoms with E-state index in [1.807, 2.05) is 29.8 Å². The van der Waals surface area contributed by atoms with Gasteiger partial charge in [0, 0.05) is 11.3 Å². The molecule has 0 radical (unpaired) electrons. The zero-order valence-corrected chi connectivity index (χ0v) is 17.6. The third-order valence-corrected chi connectivity index (χ3v) is 6.28. The van der Waals surface area contributed by atoms with Crippen molar-refractivity contribution in [3.8, 4) is 0 Å². The molecule has 1 fully saturated rings. The van der Waals surface area contributed by atoms with Crippen LogP contribution in [0.1, 0.15) is 38.3 Å². The highest BCUT2D eigenvalue weighted by Gasteiger charge is 2.43. The topological polar surface area (TPSA) is 60.3 Å². The molecule has 0 spiro atoms. The van der Waals surface area contributed by atoms with E-state index in [4.69, 9.17) is 4.74 Å². The average molecular weight is 442 g/mol. The molecule has 2 aliphatic heterocycles. The predicted octanol–water partition coefficient (Wildman–Crippen LogP) is 4.04. The lowest BCUT2D eigenvalue weighted by atomic mass is 9.78. The van der Waals surface area contributed by atoms with Crippen molar-refractivity contribution >= 4 is 11.6 Å². The minimum Gasteiger partial charge on any atom is -0.379 e. The first-order valence-electron chi connectivity index (χ1n) is 10.2. The fourth-order valence-corrected chi connectivity index (χ4v) is 4.47. The molecule has 0 atom stereocenters. The van der Waals surface area contributed by atoms with Crippen LogP contribution >= 0.6 is 0 Å². The molecule has 9 heteroatoms. The molecular formula is C23H21F3N4O2. The number of fused-ring (bicyclic) bond motifs is 1. The smallest absolute Gasteiger partial charge is 0.379 e. The van der Waals surface area contributed by atoms with Gasteiger partial charge in [0.2, 0.25) is 0 Å². The number of amides is 1. The van der Waals surface area contributed by atoms with Crippen molar-refractivity contribution < 1.29 is 22.7 Å². The minimum absolute atomic E-state index is 0.0263. The number of rotatable bonds is 4. The zero-order valence-electron chi connectivity index (χ0n) is 17.6. The second-order valence-electron chi connectivity index (χ2n) is 8.58. The van der Waals surface area contributed by atoms with Crippen molar-refractivity contribution in [1.29, 1.82) is 0 Å². The highest BCUT2D eigenvalue weighted by atomic mass is 19.4. The van der Waals surface area contributed by atoms with Gasteiger partial charge in [0.05, 0.1) is 49.2 Å². The van der Waals surface area contributed by atoms with E-state index in [0.29, 0.717) is 31.0 Å². The Kier molecular flexibility index (Phi) is 4.63. The lowest BCUT2D eigenvalue weighted by molar-refractivity contribution is -0.138. The molecule has 0 N–H and O–H groups in total. The van der Waals surface area contributed by atoms with Gasteiger partial charge in [-0.2, -0.15) is 13.2 Å². The van der Waals surface area contributed by atoms with E-state index in [1.165, 1.54) is 11.0 Å². The number of aromatic nitrogens is 3. The molecule has 0 aliphatic carbocycles. The number of anilines is 1. The number of hydrogen-bond acceptors (Lipinski definition) is 4. The van der Waals surface area contributed by atoms with E-state index in [1.54, 1.807) is 19.2 Å². The summed E-state index contributed by atoms with van der Waals surface area (Å²) in [5.74, 6) is -0.419. The maximum atomic E-state index is 13.6. The molecule has 3 heterocycles. The van der Waals surface area contributed by atoms with Gasteiger partial charge in [-0.3, -0.25) is 4.79 Å². The van der Waals surface area contributed by atoms with Crippen LogP contribution in [-0.4, -0.2) is 34.1 Å². The molecular weight excluding hydrogens is 421 g/mol. The predicted molar refractivity (Wildman–Crippen MR) is 110 cm³/mol. The van der Waals surface area contributed by atoms with Crippen LogP contribution in [0.5, 0.6) is 0 Å². The van der Waals surface area contributed by atoms with Crippen LogP contribution in [0.2, 0.25) is 0 Å². The number of hydrogen-bond donors (Lipinski definition) is 0. The monoisotopic (exact) mass is 442 g/mol. The summed E-state index contributed by atoms with van der Waals surface area (Å²) in [5, 5.41) is 8.06. The number of ether oxygens (including phenoxy) is 1. The lowest BCUT2D eigenvalue weighted by Gasteiger charge is -2.42. The molecule has 1 aromatic heterocycles. The van der Waals surface area contributed by atoms with Crippen molar-refractivity contribution in [3.05, 3.63) is 76.1 Å². The number of aryl methyl sites for hydroxylation is 2. The van der Waals surface area contributed by atoms with Crippen molar-refractivity contribution in [2.24, 2.45) is 0 Å². The third-order valence-electron chi connectivity index (χ3n) is 6.28. The van der Waals surface area contributed by atoms with Crippen LogP contribution in [0.25, 0.3) is 0 Å². The van der Waals surface area contributed by atoms with Crippen LogP contribution < -0.4 is 4.90 Å². The van der Waals surface area contributed by atoms with Gasteiger partial charge in [0.15, 0.2) is 0 Å². The molecule has 166 valence electrons. The van der Waals surface area contributed by atoms with Crippen LogP contribution in [0.15, 0.2) is 42.6 Å². The Morgan fingerprint density at radius 2 is 1.94 bits per heavy atom. The summed E-state index contributed by atoms with van der Waals surface area (Å²) in [6.45, 7) is 4.91. The summed E-state index contributed by atoms with van der Waals surface area (Å²) >= 11 is 0. The molecule has 3 aromatic rings. The van der Waals surface area contributed by atoms with Crippen molar-refractivity contribution in [3.63, 3.8) is 0 Å². The summed E-state index contributed by atoms with van der Waals surface area (Å²) in [6.07, 6.45) is -2.83. The summed E-state index contributed by atoms with van der Waals surface area (Å²) < 4.78 is 48.2. The first-order valence-corrected chi connectivity index (χ1v) is 10.2. The number of benzene rings is 2. The van der Waals surface area contributed by atoms with Crippen LogP contribution in [0, 0.1) is 13.8 Å². The quantitative estimate of drug-likeness (QED) is 0.612. The Hall–Kier alpha value is -3.20. The summed E-state index contributed by atoms with van der Waals surface area (Å²) in [4.78, 5) is 14.5. The first kappa shape index (κ1) is 20.7. The van der Waals surface area contributed by atoms with Crippen LogP contribution in [-0.2, 0) is 29.4 Å². The Morgan fingerprint density at radius 1 is 1.16 bits per heavy atom. The molecule has 5 rings (SSSR count). The van der Waals surface area contributed by atoms with E-state index in [-0.39, 0.29) is 23.1 Å². The summed E-state index contributed by atoms with van der Waals surface area (Å²) in [7, 11) is 0. The van der Waals surface area contributed by atoms with Crippen LogP contribution in [0.4, 0.5) is 18.9 Å². The molecule has 1 amide bonds. The van der Waals surface area contributed by atoms with Crippen molar-refractivity contribution in [2.45, 2.75) is 38.5 Å². The largest absolute Gasteiger partial charge is 0.416 e. The number of halogens is 3. The van der Waals surface area contributed by atoms with Gasteiger partial charge in [-0.25, -0.2) is 4.68 Å². The van der Waals surface area contributed by atoms with Gasteiger partial charge in [-0.05, 0) is 54.8 Å². The van der Waals surface area contributed by atoms with E-state index in [9.17, 15) is 18.0 Å². The van der Waals surface area contributed by atoms with Gasteiger partial charge in [-0.15, -0.1) is 5.10 Å². The molecule has 6 nitrogen and oxygen atoms in total. The van der Waals surface area contributed by atoms with Gasteiger partial charge in [0.25, 0.3) is 5.91 Å². The SMILES string of the molecule is Cc1cc2c(c(C(F)(F)F)c1)CN(c1cccc(C3(Cn4nncc4C)COC3)c1)C2=O.